The zero-order valence-electron chi connectivity index (χ0n) is 11.2. The average molecular weight is 294 g/mol. The van der Waals surface area contributed by atoms with Crippen molar-refractivity contribution < 1.29 is 13.9 Å². The van der Waals surface area contributed by atoms with Gasteiger partial charge in [0, 0.05) is 7.05 Å². The van der Waals surface area contributed by atoms with Gasteiger partial charge in [-0.3, -0.25) is 4.79 Å². The Morgan fingerprint density at radius 1 is 1.25 bits per heavy atom. The maximum atomic E-state index is 12.0. The Labute approximate surface area is 122 Å². The van der Waals surface area contributed by atoms with Crippen molar-refractivity contribution in [2.75, 3.05) is 20.2 Å². The van der Waals surface area contributed by atoms with Crippen molar-refractivity contribution in [1.82, 2.24) is 4.90 Å². The summed E-state index contributed by atoms with van der Waals surface area (Å²) >= 11 is 5.64. The predicted octanol–water partition coefficient (Wildman–Crippen LogP) is 3.17. The highest BCUT2D eigenvalue weighted by Crippen LogP contribution is 2.12. The molecule has 0 aliphatic rings. The largest absolute Gasteiger partial charge is 0.492 e. The Kier molecular flexibility index (Phi) is 5.07. The van der Waals surface area contributed by atoms with Crippen molar-refractivity contribution in [3.05, 3.63) is 54.0 Å². The number of likely N-dealkylation sites (N-methyl/N-ethyl adjacent to an activating group) is 1. The number of benzene rings is 1. The monoisotopic (exact) mass is 293 g/mol. The van der Waals surface area contributed by atoms with E-state index in [4.69, 9.17) is 20.8 Å². The maximum absolute atomic E-state index is 12.0. The molecule has 1 aromatic carbocycles. The molecule has 0 N–H and O–H groups in total. The van der Waals surface area contributed by atoms with Crippen LogP contribution >= 0.6 is 11.6 Å². The van der Waals surface area contributed by atoms with E-state index in [1.807, 2.05) is 30.3 Å². The molecule has 0 saturated carbocycles. The summed E-state index contributed by atoms with van der Waals surface area (Å²) in [5, 5.41) is 0. The summed E-state index contributed by atoms with van der Waals surface area (Å²) in [4.78, 5) is 13.6. The lowest BCUT2D eigenvalue weighted by atomic mass is 10.3. The van der Waals surface area contributed by atoms with E-state index in [-0.39, 0.29) is 11.8 Å². The van der Waals surface area contributed by atoms with Crippen LogP contribution in [-0.2, 0) is 5.88 Å². The second-order valence-corrected chi connectivity index (χ2v) is 4.56. The van der Waals surface area contributed by atoms with Crippen LogP contribution in [-0.4, -0.2) is 31.0 Å². The van der Waals surface area contributed by atoms with Crippen LogP contribution in [0.4, 0.5) is 0 Å². The predicted molar refractivity (Wildman–Crippen MR) is 77.2 cm³/mol. The lowest BCUT2D eigenvalue weighted by molar-refractivity contribution is 0.0741. The summed E-state index contributed by atoms with van der Waals surface area (Å²) in [6, 6.07) is 12.8. The third-order valence-corrected chi connectivity index (χ3v) is 3.05. The molecule has 2 aromatic rings. The van der Waals surface area contributed by atoms with Gasteiger partial charge < -0.3 is 14.1 Å². The Balaban J connectivity index is 1.82. The first-order valence-electron chi connectivity index (χ1n) is 6.28. The standard InChI is InChI=1S/C15H16ClNO3/c1-17(9-10-19-12-5-3-2-4-6-12)15(18)14-8-7-13(11-16)20-14/h2-8H,9-11H2,1H3. The number of rotatable bonds is 6. The zero-order valence-corrected chi connectivity index (χ0v) is 12.0. The molecule has 0 unspecified atom stereocenters. The molecule has 1 heterocycles. The van der Waals surface area contributed by atoms with E-state index in [9.17, 15) is 4.79 Å². The number of carbonyl (C=O) groups is 1. The summed E-state index contributed by atoms with van der Waals surface area (Å²) in [6.45, 7) is 0.903. The second-order valence-electron chi connectivity index (χ2n) is 4.29. The highest BCUT2D eigenvalue weighted by molar-refractivity contribution is 6.16. The summed E-state index contributed by atoms with van der Waals surface area (Å²) in [5.41, 5.74) is 0. The van der Waals surface area contributed by atoms with Gasteiger partial charge in [0.2, 0.25) is 0 Å². The molecule has 0 radical (unpaired) electrons. The molecule has 1 amide bonds. The number of alkyl halides is 1. The van der Waals surface area contributed by atoms with Crippen LogP contribution in [0.5, 0.6) is 5.75 Å². The van der Waals surface area contributed by atoms with Crippen molar-refractivity contribution in [3.63, 3.8) is 0 Å². The zero-order chi connectivity index (χ0) is 14.4. The number of amides is 1. The average Bonchev–Trinajstić information content (AvgIpc) is 2.96. The third-order valence-electron chi connectivity index (χ3n) is 2.79. The molecule has 2 rings (SSSR count). The fourth-order valence-corrected chi connectivity index (χ4v) is 1.82. The molecular weight excluding hydrogens is 278 g/mol. The number of ether oxygens (including phenoxy) is 1. The van der Waals surface area contributed by atoms with E-state index in [0.717, 1.165) is 5.75 Å². The lowest BCUT2D eigenvalue weighted by Gasteiger charge is -2.16. The third kappa shape index (κ3) is 3.78. The minimum atomic E-state index is -0.182. The van der Waals surface area contributed by atoms with Crippen LogP contribution in [0.15, 0.2) is 46.9 Å². The topological polar surface area (TPSA) is 42.7 Å². The molecule has 5 heteroatoms. The first kappa shape index (κ1) is 14.5. The van der Waals surface area contributed by atoms with Gasteiger partial charge in [0.25, 0.3) is 5.91 Å². The Bertz CT molecular complexity index is 553. The van der Waals surface area contributed by atoms with E-state index >= 15 is 0 Å². The van der Waals surface area contributed by atoms with Crippen molar-refractivity contribution in [2.24, 2.45) is 0 Å². The molecule has 0 spiro atoms. The van der Waals surface area contributed by atoms with Gasteiger partial charge in [-0.2, -0.15) is 0 Å². The van der Waals surface area contributed by atoms with Crippen LogP contribution in [0.3, 0.4) is 0 Å². The highest BCUT2D eigenvalue weighted by atomic mass is 35.5. The van der Waals surface area contributed by atoms with Crippen LogP contribution < -0.4 is 4.74 Å². The molecule has 0 fully saturated rings. The van der Waals surface area contributed by atoms with Crippen LogP contribution in [0, 0.1) is 0 Å². The summed E-state index contributed by atoms with van der Waals surface area (Å²) in [5.74, 6) is 1.74. The molecule has 106 valence electrons. The van der Waals surface area contributed by atoms with E-state index in [0.29, 0.717) is 24.7 Å². The summed E-state index contributed by atoms with van der Waals surface area (Å²) in [7, 11) is 1.71. The smallest absolute Gasteiger partial charge is 0.289 e. The van der Waals surface area contributed by atoms with E-state index in [2.05, 4.69) is 0 Å². The van der Waals surface area contributed by atoms with E-state index in [1.54, 1.807) is 24.1 Å². The van der Waals surface area contributed by atoms with E-state index < -0.39 is 0 Å². The summed E-state index contributed by atoms with van der Waals surface area (Å²) < 4.78 is 10.9. The minimum Gasteiger partial charge on any atom is -0.492 e. The summed E-state index contributed by atoms with van der Waals surface area (Å²) in [6.07, 6.45) is 0. The molecule has 0 atom stereocenters. The van der Waals surface area contributed by atoms with Gasteiger partial charge in [-0.25, -0.2) is 0 Å². The molecule has 0 bridgehead atoms. The van der Waals surface area contributed by atoms with Gasteiger partial charge in [-0.15, -0.1) is 11.6 Å². The maximum Gasteiger partial charge on any atom is 0.289 e. The van der Waals surface area contributed by atoms with Crippen molar-refractivity contribution >= 4 is 17.5 Å². The molecule has 1 aromatic heterocycles. The quantitative estimate of drug-likeness (QED) is 0.768. The molecule has 4 nitrogen and oxygen atoms in total. The Morgan fingerprint density at radius 3 is 2.65 bits per heavy atom. The number of halogens is 1. The number of nitrogens with zero attached hydrogens (tertiary/aromatic N) is 1. The fourth-order valence-electron chi connectivity index (χ4n) is 1.67. The normalized spacial score (nSPS) is 10.3. The second kappa shape index (κ2) is 7.01. The lowest BCUT2D eigenvalue weighted by Crippen LogP contribution is -2.30. The van der Waals surface area contributed by atoms with Crippen molar-refractivity contribution in [3.8, 4) is 5.75 Å². The van der Waals surface area contributed by atoms with Gasteiger partial charge in [-0.05, 0) is 24.3 Å². The SMILES string of the molecule is CN(CCOc1ccccc1)C(=O)c1ccc(CCl)o1. The molecule has 20 heavy (non-hydrogen) atoms. The first-order valence-corrected chi connectivity index (χ1v) is 6.82. The van der Waals surface area contributed by atoms with Crippen LogP contribution in [0.1, 0.15) is 16.3 Å². The van der Waals surface area contributed by atoms with Crippen molar-refractivity contribution in [1.29, 1.82) is 0 Å². The van der Waals surface area contributed by atoms with Crippen LogP contribution in [0.2, 0.25) is 0 Å². The number of hydrogen-bond acceptors (Lipinski definition) is 3. The van der Waals surface area contributed by atoms with Gasteiger partial charge in [-0.1, -0.05) is 18.2 Å². The number of para-hydroxylation sites is 1. The molecule has 0 saturated heterocycles. The van der Waals surface area contributed by atoms with Gasteiger partial charge in [0.05, 0.1) is 12.4 Å². The first-order chi connectivity index (χ1) is 9.70. The minimum absolute atomic E-state index is 0.182. The van der Waals surface area contributed by atoms with Gasteiger partial charge in [0.15, 0.2) is 5.76 Å². The fraction of sp³-hybridized carbons (Fsp3) is 0.267. The number of furan rings is 1. The number of hydrogen-bond donors (Lipinski definition) is 0. The van der Waals surface area contributed by atoms with E-state index in [1.165, 1.54) is 0 Å². The van der Waals surface area contributed by atoms with Gasteiger partial charge in [0.1, 0.15) is 18.1 Å². The molecular formula is C15H16ClNO3. The Morgan fingerprint density at radius 2 is 2.00 bits per heavy atom. The molecule has 0 aliphatic carbocycles. The van der Waals surface area contributed by atoms with Crippen molar-refractivity contribution in [2.45, 2.75) is 5.88 Å². The van der Waals surface area contributed by atoms with Gasteiger partial charge >= 0.3 is 0 Å². The Hall–Kier alpha value is -1.94. The highest BCUT2D eigenvalue weighted by Gasteiger charge is 2.15. The number of carbonyl (C=O) groups excluding carboxylic acids is 1. The molecule has 0 aliphatic heterocycles. The van der Waals surface area contributed by atoms with Crippen LogP contribution in [0.25, 0.3) is 0 Å².